The van der Waals surface area contributed by atoms with E-state index in [2.05, 4.69) is 106 Å². The largest absolute Gasteiger partial charge is 0.462 e. The van der Waals surface area contributed by atoms with E-state index in [9.17, 15) is 14.4 Å². The van der Waals surface area contributed by atoms with Crippen molar-refractivity contribution in [3.63, 3.8) is 0 Å². The van der Waals surface area contributed by atoms with Crippen LogP contribution in [-0.2, 0) is 28.6 Å². The Hall–Kier alpha value is -3.41. The minimum atomic E-state index is -0.782. The summed E-state index contributed by atoms with van der Waals surface area (Å²) < 4.78 is 16.9. The zero-order valence-corrected chi connectivity index (χ0v) is 51.0. The number of ether oxygens (including phenoxy) is 3. The van der Waals surface area contributed by atoms with Crippen LogP contribution in [0.25, 0.3) is 0 Å². The summed E-state index contributed by atoms with van der Waals surface area (Å²) in [4.78, 5) is 38.2. The van der Waals surface area contributed by atoms with Gasteiger partial charge < -0.3 is 14.2 Å². The number of carbonyl (C=O) groups excluding carboxylic acids is 3. The van der Waals surface area contributed by atoms with Gasteiger partial charge >= 0.3 is 17.9 Å². The first-order chi connectivity index (χ1) is 38.0. The lowest BCUT2D eigenvalue weighted by Gasteiger charge is -2.18. The number of hydrogen-bond acceptors (Lipinski definition) is 6. The van der Waals surface area contributed by atoms with Crippen LogP contribution in [0.15, 0.2) is 85.1 Å². The molecule has 444 valence electrons. The van der Waals surface area contributed by atoms with E-state index < -0.39 is 6.10 Å². The SMILES string of the molecule is CC/C=C\C/C=C\C/C=C\C/C=C\C/C=C\CCCCCCCCCCCCCCCCCCCC(=O)OCC(COC(=O)CCCCCCC/C=C\CCCCC)OC(=O)CCCCCCC/C=C\CCCCCCC. The van der Waals surface area contributed by atoms with Gasteiger partial charge in [0.05, 0.1) is 0 Å². The molecule has 77 heavy (non-hydrogen) atoms. The van der Waals surface area contributed by atoms with Crippen molar-refractivity contribution < 1.29 is 28.6 Å². The quantitative estimate of drug-likeness (QED) is 0.0261. The fraction of sp³-hybridized carbons (Fsp3) is 0.761. The molecule has 0 aromatic heterocycles. The summed E-state index contributed by atoms with van der Waals surface area (Å²) in [7, 11) is 0. The normalized spacial score (nSPS) is 12.6. The van der Waals surface area contributed by atoms with Gasteiger partial charge in [-0.15, -0.1) is 0 Å². The van der Waals surface area contributed by atoms with Crippen LogP contribution < -0.4 is 0 Å². The summed E-state index contributed by atoms with van der Waals surface area (Å²) in [6.45, 7) is 6.51. The first kappa shape index (κ1) is 73.6. The van der Waals surface area contributed by atoms with Gasteiger partial charge in [-0.25, -0.2) is 0 Å². The smallest absolute Gasteiger partial charge is 0.306 e. The molecule has 0 aliphatic rings. The zero-order valence-electron chi connectivity index (χ0n) is 51.0. The fourth-order valence-corrected chi connectivity index (χ4v) is 9.40. The van der Waals surface area contributed by atoms with E-state index in [1.807, 2.05) is 0 Å². The Morgan fingerprint density at radius 2 is 0.506 bits per heavy atom. The highest BCUT2D eigenvalue weighted by Gasteiger charge is 2.19. The lowest BCUT2D eigenvalue weighted by atomic mass is 10.0. The predicted octanol–water partition coefficient (Wildman–Crippen LogP) is 22.7. The molecule has 0 saturated heterocycles. The molecule has 0 aromatic rings. The number of unbranched alkanes of at least 4 members (excludes halogenated alkanes) is 35. The zero-order chi connectivity index (χ0) is 55.7. The second-order valence-electron chi connectivity index (χ2n) is 22.0. The van der Waals surface area contributed by atoms with E-state index >= 15 is 0 Å². The van der Waals surface area contributed by atoms with E-state index in [0.29, 0.717) is 19.3 Å². The maximum absolute atomic E-state index is 12.9. The Morgan fingerprint density at radius 3 is 0.831 bits per heavy atom. The molecule has 0 bridgehead atoms. The molecule has 1 atom stereocenters. The molecule has 1 unspecified atom stereocenters. The van der Waals surface area contributed by atoms with Gasteiger partial charge in [0, 0.05) is 19.3 Å². The summed E-state index contributed by atoms with van der Waals surface area (Å²) in [6.07, 6.45) is 86.1. The Balaban J connectivity index is 4.12. The molecule has 0 spiro atoms. The highest BCUT2D eigenvalue weighted by molar-refractivity contribution is 5.71. The lowest BCUT2D eigenvalue weighted by molar-refractivity contribution is -0.167. The molecule has 0 aliphatic heterocycles. The Morgan fingerprint density at radius 1 is 0.273 bits per heavy atom. The molecule has 6 heteroatoms. The van der Waals surface area contributed by atoms with Crippen molar-refractivity contribution in [1.82, 2.24) is 0 Å². The average Bonchev–Trinajstić information content (AvgIpc) is 3.43. The van der Waals surface area contributed by atoms with Gasteiger partial charge in [-0.1, -0.05) is 279 Å². The van der Waals surface area contributed by atoms with E-state index in [-0.39, 0.29) is 31.1 Å². The highest BCUT2D eigenvalue weighted by Crippen LogP contribution is 2.17. The molecule has 0 amide bonds. The van der Waals surface area contributed by atoms with Crippen LogP contribution in [0.5, 0.6) is 0 Å². The van der Waals surface area contributed by atoms with Crippen LogP contribution in [-0.4, -0.2) is 37.2 Å². The fourth-order valence-electron chi connectivity index (χ4n) is 9.40. The molecule has 0 radical (unpaired) electrons. The van der Waals surface area contributed by atoms with Crippen LogP contribution in [0, 0.1) is 0 Å². The molecule has 0 N–H and O–H groups in total. The molecule has 0 saturated carbocycles. The molecule has 6 nitrogen and oxygen atoms in total. The summed E-state index contributed by atoms with van der Waals surface area (Å²) >= 11 is 0. The number of carbonyl (C=O) groups is 3. The van der Waals surface area contributed by atoms with Gasteiger partial charge in [-0.05, 0) is 116 Å². The summed E-state index contributed by atoms with van der Waals surface area (Å²) in [5, 5.41) is 0. The average molecular weight is 1070 g/mol. The summed E-state index contributed by atoms with van der Waals surface area (Å²) in [6, 6.07) is 0. The Kier molecular flexibility index (Phi) is 62.2. The monoisotopic (exact) mass is 1070 g/mol. The Labute approximate surface area is 477 Å². The van der Waals surface area contributed by atoms with Crippen LogP contribution >= 0.6 is 0 Å². The topological polar surface area (TPSA) is 78.9 Å². The van der Waals surface area contributed by atoms with Crippen LogP contribution in [0.2, 0.25) is 0 Å². The molecular weight excluding hydrogens is 949 g/mol. The lowest BCUT2D eigenvalue weighted by Crippen LogP contribution is -2.30. The minimum absolute atomic E-state index is 0.0787. The van der Waals surface area contributed by atoms with Gasteiger partial charge in [0.2, 0.25) is 0 Å². The molecule has 0 fully saturated rings. The van der Waals surface area contributed by atoms with Crippen molar-refractivity contribution in [3.8, 4) is 0 Å². The van der Waals surface area contributed by atoms with Crippen molar-refractivity contribution in [2.75, 3.05) is 13.2 Å². The third-order valence-corrected chi connectivity index (χ3v) is 14.4. The third kappa shape index (κ3) is 63.3. The maximum atomic E-state index is 12.9. The van der Waals surface area contributed by atoms with Crippen molar-refractivity contribution >= 4 is 17.9 Å². The van der Waals surface area contributed by atoms with Gasteiger partial charge in [-0.2, -0.15) is 0 Å². The van der Waals surface area contributed by atoms with Gasteiger partial charge in [0.25, 0.3) is 0 Å². The van der Waals surface area contributed by atoms with E-state index in [1.165, 1.54) is 180 Å². The number of allylic oxidation sites excluding steroid dienone is 14. The third-order valence-electron chi connectivity index (χ3n) is 14.4. The van der Waals surface area contributed by atoms with Crippen molar-refractivity contribution in [2.24, 2.45) is 0 Å². The molecule has 0 aromatic carbocycles. The van der Waals surface area contributed by atoms with Crippen molar-refractivity contribution in [3.05, 3.63) is 85.1 Å². The van der Waals surface area contributed by atoms with Gasteiger partial charge in [0.1, 0.15) is 13.2 Å². The molecular formula is C71H124O6. The first-order valence-corrected chi connectivity index (χ1v) is 33.1. The number of hydrogen-bond donors (Lipinski definition) is 0. The number of esters is 3. The number of rotatable bonds is 60. The maximum Gasteiger partial charge on any atom is 0.306 e. The first-order valence-electron chi connectivity index (χ1n) is 33.1. The van der Waals surface area contributed by atoms with Crippen LogP contribution in [0.4, 0.5) is 0 Å². The van der Waals surface area contributed by atoms with Crippen LogP contribution in [0.1, 0.15) is 329 Å². The molecule has 0 heterocycles. The second kappa shape index (κ2) is 65.1. The van der Waals surface area contributed by atoms with Crippen molar-refractivity contribution in [1.29, 1.82) is 0 Å². The highest BCUT2D eigenvalue weighted by atomic mass is 16.6. The predicted molar refractivity (Wildman–Crippen MR) is 334 cm³/mol. The van der Waals surface area contributed by atoms with Gasteiger partial charge in [0.15, 0.2) is 6.10 Å². The summed E-state index contributed by atoms with van der Waals surface area (Å²) in [5.74, 6) is -0.884. The van der Waals surface area contributed by atoms with E-state index in [1.54, 1.807) is 0 Å². The van der Waals surface area contributed by atoms with E-state index in [0.717, 1.165) is 109 Å². The van der Waals surface area contributed by atoms with Crippen molar-refractivity contribution in [2.45, 2.75) is 335 Å². The van der Waals surface area contributed by atoms with Crippen LogP contribution in [0.3, 0.4) is 0 Å². The summed E-state index contributed by atoms with van der Waals surface area (Å²) in [5.41, 5.74) is 0. The van der Waals surface area contributed by atoms with E-state index in [4.69, 9.17) is 14.2 Å². The molecule has 0 rings (SSSR count). The standard InChI is InChI=1S/C71H124O6/c1-4-7-10-13-16-19-22-25-27-28-29-30-31-32-33-34-35-36-37-38-39-40-41-42-43-44-45-47-49-52-55-58-61-64-70(73)76-67-68(66-75-69(72)63-60-57-54-51-48-24-21-18-15-12-9-6-3)77-71(74)65-62-59-56-53-50-46-26-23-20-17-14-11-8-5-2/h7,10,16,18-19,21,23,25-27,29-30,32-33,68H,4-6,8-9,11-15,17,20,22,24,28,31,34-67H2,1-3H3/b10-7-,19-16-,21-18-,26-23-,27-25-,30-29-,33-32-. The minimum Gasteiger partial charge on any atom is -0.462 e. The second-order valence-corrected chi connectivity index (χ2v) is 22.0. The van der Waals surface area contributed by atoms with Gasteiger partial charge in [-0.3, -0.25) is 14.4 Å². The Bertz CT molecular complexity index is 1470. The molecule has 0 aliphatic carbocycles.